The zero-order chi connectivity index (χ0) is 14.7. The fraction of sp³-hybridized carbons (Fsp3) is 0.588. The number of likely N-dealkylation sites (tertiary alicyclic amines) is 1. The molecule has 1 aliphatic carbocycles. The standard InChI is InChI=1S/C17H24N2O2.ClH/c18-15-6-4-13-5-7-16(11-14(13)10-15)21-12-17(20)19-8-2-1-3-9-19;/h5,7,11,15H,1-4,6,8-10,12,18H2;1H/t15-;/m0./s1. The van der Waals surface area contributed by atoms with Gasteiger partial charge in [0.2, 0.25) is 0 Å². The van der Waals surface area contributed by atoms with Crippen LogP contribution < -0.4 is 10.5 Å². The van der Waals surface area contributed by atoms with Crippen LogP contribution in [0.2, 0.25) is 0 Å². The van der Waals surface area contributed by atoms with E-state index in [1.807, 2.05) is 11.0 Å². The number of fused-ring (bicyclic) bond motifs is 1. The minimum absolute atomic E-state index is 0. The number of benzene rings is 1. The third-order valence-corrected chi connectivity index (χ3v) is 4.52. The first kappa shape index (κ1) is 17.1. The number of amides is 1. The summed E-state index contributed by atoms with van der Waals surface area (Å²) in [5, 5.41) is 0. The molecule has 1 amide bonds. The monoisotopic (exact) mass is 324 g/mol. The van der Waals surface area contributed by atoms with Gasteiger partial charge < -0.3 is 15.4 Å². The summed E-state index contributed by atoms with van der Waals surface area (Å²) in [6, 6.07) is 6.39. The van der Waals surface area contributed by atoms with Gasteiger partial charge in [0.05, 0.1) is 0 Å². The normalized spacial score (nSPS) is 20.8. The number of ether oxygens (including phenoxy) is 1. The molecule has 4 nitrogen and oxygen atoms in total. The summed E-state index contributed by atoms with van der Waals surface area (Å²) in [5.74, 6) is 0.886. The molecule has 0 aromatic heterocycles. The van der Waals surface area contributed by atoms with Crippen LogP contribution in [0.5, 0.6) is 5.75 Å². The van der Waals surface area contributed by atoms with E-state index in [0.29, 0.717) is 0 Å². The minimum atomic E-state index is 0. The number of carbonyl (C=O) groups is 1. The second-order valence-electron chi connectivity index (χ2n) is 6.16. The Morgan fingerprint density at radius 2 is 2.00 bits per heavy atom. The van der Waals surface area contributed by atoms with Crippen LogP contribution in [0.1, 0.15) is 36.8 Å². The number of carbonyl (C=O) groups excluding carboxylic acids is 1. The van der Waals surface area contributed by atoms with Gasteiger partial charge in [-0.15, -0.1) is 12.4 Å². The summed E-state index contributed by atoms with van der Waals surface area (Å²) < 4.78 is 5.69. The van der Waals surface area contributed by atoms with Crippen LogP contribution in [0, 0.1) is 0 Å². The fourth-order valence-electron chi connectivity index (χ4n) is 3.23. The molecule has 0 unspecified atom stereocenters. The van der Waals surface area contributed by atoms with Crippen molar-refractivity contribution >= 4 is 18.3 Å². The molecule has 0 radical (unpaired) electrons. The van der Waals surface area contributed by atoms with E-state index in [1.165, 1.54) is 17.5 Å². The van der Waals surface area contributed by atoms with Crippen molar-refractivity contribution in [2.24, 2.45) is 5.73 Å². The molecule has 1 aromatic rings. The number of halogens is 1. The maximum absolute atomic E-state index is 12.1. The number of rotatable bonds is 3. The van der Waals surface area contributed by atoms with Crippen LogP contribution in [-0.4, -0.2) is 36.5 Å². The predicted octanol–water partition coefficient (Wildman–Crippen LogP) is 2.32. The molecule has 1 fully saturated rings. The third-order valence-electron chi connectivity index (χ3n) is 4.52. The Kier molecular flexibility index (Phi) is 6.09. The van der Waals surface area contributed by atoms with E-state index in [4.69, 9.17) is 10.5 Å². The van der Waals surface area contributed by atoms with Gasteiger partial charge in [0.1, 0.15) is 5.75 Å². The van der Waals surface area contributed by atoms with Crippen molar-refractivity contribution in [3.05, 3.63) is 29.3 Å². The summed E-state index contributed by atoms with van der Waals surface area (Å²) in [5.41, 5.74) is 8.66. The van der Waals surface area contributed by atoms with E-state index in [0.717, 1.165) is 50.9 Å². The Morgan fingerprint density at radius 1 is 1.23 bits per heavy atom. The van der Waals surface area contributed by atoms with E-state index in [9.17, 15) is 4.79 Å². The molecule has 2 N–H and O–H groups in total. The third kappa shape index (κ3) is 4.14. The van der Waals surface area contributed by atoms with Crippen molar-refractivity contribution in [1.29, 1.82) is 0 Å². The van der Waals surface area contributed by atoms with E-state index >= 15 is 0 Å². The summed E-state index contributed by atoms with van der Waals surface area (Å²) in [7, 11) is 0. The lowest BCUT2D eigenvalue weighted by Gasteiger charge is -2.26. The van der Waals surface area contributed by atoms with Crippen LogP contribution in [-0.2, 0) is 17.6 Å². The van der Waals surface area contributed by atoms with E-state index < -0.39 is 0 Å². The highest BCUT2D eigenvalue weighted by Crippen LogP contribution is 2.25. The van der Waals surface area contributed by atoms with Gasteiger partial charge in [-0.25, -0.2) is 0 Å². The fourth-order valence-corrected chi connectivity index (χ4v) is 3.23. The number of aryl methyl sites for hydroxylation is 1. The zero-order valence-corrected chi connectivity index (χ0v) is 13.7. The maximum atomic E-state index is 12.1. The quantitative estimate of drug-likeness (QED) is 0.928. The summed E-state index contributed by atoms with van der Waals surface area (Å²) in [6.45, 7) is 1.90. The Morgan fingerprint density at radius 3 is 2.77 bits per heavy atom. The van der Waals surface area contributed by atoms with Gasteiger partial charge in [0.15, 0.2) is 6.61 Å². The average molecular weight is 325 g/mol. The molecule has 1 atom stereocenters. The Bertz CT molecular complexity index is 515. The number of piperidine rings is 1. The van der Waals surface area contributed by atoms with Crippen molar-refractivity contribution in [3.63, 3.8) is 0 Å². The number of nitrogens with two attached hydrogens (primary N) is 1. The minimum Gasteiger partial charge on any atom is -0.484 e. The van der Waals surface area contributed by atoms with Gasteiger partial charge in [0, 0.05) is 19.1 Å². The van der Waals surface area contributed by atoms with Gasteiger partial charge in [-0.05, 0) is 61.8 Å². The molecule has 0 bridgehead atoms. The molecule has 5 heteroatoms. The Labute approximate surface area is 138 Å². The average Bonchev–Trinajstić information content (AvgIpc) is 2.53. The van der Waals surface area contributed by atoms with Crippen molar-refractivity contribution in [1.82, 2.24) is 4.90 Å². The summed E-state index contributed by atoms with van der Waals surface area (Å²) in [4.78, 5) is 14.0. The molecule has 0 saturated carbocycles. The smallest absolute Gasteiger partial charge is 0.260 e. The molecule has 1 aromatic carbocycles. The van der Waals surface area contributed by atoms with E-state index in [-0.39, 0.29) is 31.0 Å². The molecular weight excluding hydrogens is 300 g/mol. The molecular formula is C17H25ClN2O2. The van der Waals surface area contributed by atoms with Crippen molar-refractivity contribution in [2.75, 3.05) is 19.7 Å². The molecule has 1 aliphatic heterocycles. The predicted molar refractivity (Wildman–Crippen MR) is 89.6 cm³/mol. The molecule has 1 heterocycles. The molecule has 2 aliphatic rings. The first-order valence-electron chi connectivity index (χ1n) is 8.00. The van der Waals surface area contributed by atoms with Crippen LogP contribution in [0.25, 0.3) is 0 Å². The highest BCUT2D eigenvalue weighted by atomic mass is 35.5. The first-order valence-corrected chi connectivity index (χ1v) is 8.00. The van der Waals surface area contributed by atoms with Crippen molar-refractivity contribution in [2.45, 2.75) is 44.6 Å². The van der Waals surface area contributed by atoms with Crippen LogP contribution in [0.15, 0.2) is 18.2 Å². The van der Waals surface area contributed by atoms with Gasteiger partial charge >= 0.3 is 0 Å². The topological polar surface area (TPSA) is 55.6 Å². The second kappa shape index (κ2) is 7.84. The molecule has 22 heavy (non-hydrogen) atoms. The van der Waals surface area contributed by atoms with Gasteiger partial charge in [-0.3, -0.25) is 4.79 Å². The SMILES string of the molecule is Cl.N[C@H]1CCc2ccc(OCC(=O)N3CCCCC3)cc2C1. The number of nitrogens with zero attached hydrogens (tertiary/aromatic N) is 1. The van der Waals surface area contributed by atoms with Crippen LogP contribution >= 0.6 is 12.4 Å². The summed E-state index contributed by atoms with van der Waals surface area (Å²) >= 11 is 0. The molecule has 1 saturated heterocycles. The lowest BCUT2D eigenvalue weighted by molar-refractivity contribution is -0.134. The van der Waals surface area contributed by atoms with E-state index in [1.54, 1.807) is 0 Å². The lowest BCUT2D eigenvalue weighted by Crippen LogP contribution is -2.38. The van der Waals surface area contributed by atoms with Gasteiger partial charge in [-0.1, -0.05) is 6.07 Å². The Balaban J connectivity index is 0.00000176. The Hall–Kier alpha value is -1.26. The number of hydrogen-bond acceptors (Lipinski definition) is 3. The molecule has 0 spiro atoms. The lowest BCUT2D eigenvalue weighted by atomic mass is 9.89. The van der Waals surface area contributed by atoms with Gasteiger partial charge in [-0.2, -0.15) is 0 Å². The number of hydrogen-bond donors (Lipinski definition) is 1. The largest absolute Gasteiger partial charge is 0.484 e. The van der Waals surface area contributed by atoms with Crippen LogP contribution in [0.4, 0.5) is 0 Å². The van der Waals surface area contributed by atoms with Crippen molar-refractivity contribution in [3.8, 4) is 5.75 Å². The first-order chi connectivity index (χ1) is 10.2. The molecule has 3 rings (SSSR count). The van der Waals surface area contributed by atoms with Crippen LogP contribution in [0.3, 0.4) is 0 Å². The van der Waals surface area contributed by atoms with Crippen molar-refractivity contribution < 1.29 is 9.53 Å². The van der Waals surface area contributed by atoms with E-state index in [2.05, 4.69) is 12.1 Å². The highest BCUT2D eigenvalue weighted by molar-refractivity contribution is 5.85. The molecule has 122 valence electrons. The summed E-state index contributed by atoms with van der Waals surface area (Å²) in [6.07, 6.45) is 6.47. The highest BCUT2D eigenvalue weighted by Gasteiger charge is 2.18. The maximum Gasteiger partial charge on any atom is 0.260 e. The van der Waals surface area contributed by atoms with Gasteiger partial charge in [0.25, 0.3) is 5.91 Å². The zero-order valence-electron chi connectivity index (χ0n) is 12.9. The second-order valence-corrected chi connectivity index (χ2v) is 6.16.